The molecule has 5 heteroatoms. The van der Waals surface area contributed by atoms with E-state index in [4.69, 9.17) is 25.8 Å². The fraction of sp³-hybridized carbons (Fsp3) is 0.125. The Bertz CT molecular complexity index is 1010. The van der Waals surface area contributed by atoms with Crippen LogP contribution in [0.15, 0.2) is 66.7 Å². The van der Waals surface area contributed by atoms with Crippen LogP contribution in [0.3, 0.4) is 0 Å². The Balaban J connectivity index is 1.84. The molecule has 0 atom stereocenters. The van der Waals surface area contributed by atoms with E-state index < -0.39 is 5.97 Å². The van der Waals surface area contributed by atoms with Crippen LogP contribution in [-0.2, 0) is 11.3 Å². The maximum atomic E-state index is 11.7. The maximum absolute atomic E-state index is 11.7. The molecule has 0 unspecified atom stereocenters. The van der Waals surface area contributed by atoms with Crippen LogP contribution >= 0.6 is 11.6 Å². The van der Waals surface area contributed by atoms with Crippen LogP contribution in [0.25, 0.3) is 12.2 Å². The predicted molar refractivity (Wildman–Crippen MR) is 115 cm³/mol. The highest BCUT2D eigenvalue weighted by molar-refractivity contribution is 6.30. The molecule has 0 saturated carbocycles. The van der Waals surface area contributed by atoms with Crippen molar-refractivity contribution in [3.63, 3.8) is 0 Å². The van der Waals surface area contributed by atoms with Crippen molar-refractivity contribution in [2.45, 2.75) is 6.61 Å². The van der Waals surface area contributed by atoms with E-state index >= 15 is 0 Å². The Morgan fingerprint density at radius 2 is 1.66 bits per heavy atom. The third-order valence-electron chi connectivity index (χ3n) is 4.31. The average molecular weight is 409 g/mol. The molecule has 0 radical (unpaired) electrons. The van der Waals surface area contributed by atoms with Gasteiger partial charge in [0.2, 0.25) is 0 Å². The SMILES string of the molecule is COC(=O)c1ccc(/C=C/c2cc(Cl)ccc2OCc2ccccc2)c(OC)c1. The Labute approximate surface area is 175 Å². The van der Waals surface area contributed by atoms with E-state index in [9.17, 15) is 4.79 Å². The van der Waals surface area contributed by atoms with Crippen molar-refractivity contribution in [2.75, 3.05) is 14.2 Å². The van der Waals surface area contributed by atoms with Gasteiger partial charge >= 0.3 is 5.97 Å². The van der Waals surface area contributed by atoms with Crippen LogP contribution in [0.5, 0.6) is 11.5 Å². The summed E-state index contributed by atoms with van der Waals surface area (Å²) in [5, 5.41) is 0.615. The van der Waals surface area contributed by atoms with Crippen molar-refractivity contribution in [2.24, 2.45) is 0 Å². The zero-order valence-electron chi connectivity index (χ0n) is 16.2. The molecule has 0 aliphatic rings. The lowest BCUT2D eigenvalue weighted by molar-refractivity contribution is 0.0600. The normalized spacial score (nSPS) is 10.7. The summed E-state index contributed by atoms with van der Waals surface area (Å²) in [5.74, 6) is 0.878. The summed E-state index contributed by atoms with van der Waals surface area (Å²) in [5.41, 5.74) is 3.16. The molecular formula is C24H21ClO4. The zero-order chi connectivity index (χ0) is 20.6. The molecule has 0 aromatic heterocycles. The number of hydrogen-bond acceptors (Lipinski definition) is 4. The molecule has 0 fully saturated rings. The molecule has 0 aliphatic carbocycles. The fourth-order valence-corrected chi connectivity index (χ4v) is 2.97. The lowest BCUT2D eigenvalue weighted by Crippen LogP contribution is -2.01. The van der Waals surface area contributed by atoms with E-state index in [0.717, 1.165) is 22.4 Å². The van der Waals surface area contributed by atoms with E-state index in [1.165, 1.54) is 7.11 Å². The zero-order valence-corrected chi connectivity index (χ0v) is 17.0. The number of ether oxygens (including phenoxy) is 3. The van der Waals surface area contributed by atoms with Gasteiger partial charge in [-0.05, 0) is 35.9 Å². The van der Waals surface area contributed by atoms with Gasteiger partial charge in [-0.15, -0.1) is 0 Å². The van der Waals surface area contributed by atoms with Gasteiger partial charge in [0.25, 0.3) is 0 Å². The second-order valence-corrected chi connectivity index (χ2v) is 6.67. The van der Waals surface area contributed by atoms with Gasteiger partial charge in [-0.25, -0.2) is 4.79 Å². The number of rotatable bonds is 7. The van der Waals surface area contributed by atoms with Gasteiger partial charge in [-0.3, -0.25) is 0 Å². The number of halogens is 1. The number of esters is 1. The number of carbonyl (C=O) groups is 1. The number of benzene rings is 3. The Morgan fingerprint density at radius 1 is 0.897 bits per heavy atom. The summed E-state index contributed by atoms with van der Waals surface area (Å²) < 4.78 is 16.2. The highest BCUT2D eigenvalue weighted by Crippen LogP contribution is 2.28. The molecule has 3 aromatic rings. The van der Waals surface area contributed by atoms with Gasteiger partial charge in [0, 0.05) is 16.1 Å². The quantitative estimate of drug-likeness (QED) is 0.361. The molecule has 4 nitrogen and oxygen atoms in total. The molecule has 29 heavy (non-hydrogen) atoms. The molecule has 148 valence electrons. The van der Waals surface area contributed by atoms with E-state index in [2.05, 4.69) is 0 Å². The van der Waals surface area contributed by atoms with Crippen LogP contribution in [-0.4, -0.2) is 20.2 Å². The van der Waals surface area contributed by atoms with Gasteiger partial charge in [0.05, 0.1) is 19.8 Å². The first-order valence-electron chi connectivity index (χ1n) is 9.01. The van der Waals surface area contributed by atoms with Crippen LogP contribution < -0.4 is 9.47 Å². The minimum absolute atomic E-state index is 0.412. The van der Waals surface area contributed by atoms with Gasteiger partial charge < -0.3 is 14.2 Å². The molecule has 0 N–H and O–H groups in total. The van der Waals surface area contributed by atoms with Gasteiger partial charge in [0.15, 0.2) is 0 Å². The lowest BCUT2D eigenvalue weighted by Gasteiger charge is -2.11. The number of methoxy groups -OCH3 is 2. The summed E-state index contributed by atoms with van der Waals surface area (Å²) >= 11 is 6.18. The Hall–Kier alpha value is -3.24. The third kappa shape index (κ3) is 5.39. The molecule has 3 aromatic carbocycles. The standard InChI is InChI=1S/C24H21ClO4/c1-27-23-15-20(24(26)28-2)11-9-18(23)8-10-19-14-21(25)12-13-22(19)29-16-17-6-4-3-5-7-17/h3-15H,16H2,1-2H3/b10-8+. The van der Waals surface area contributed by atoms with Crippen molar-refractivity contribution in [3.8, 4) is 11.5 Å². The van der Waals surface area contributed by atoms with Gasteiger partial charge in [-0.1, -0.05) is 60.2 Å². The Morgan fingerprint density at radius 3 is 2.38 bits per heavy atom. The van der Waals surface area contributed by atoms with Gasteiger partial charge in [0.1, 0.15) is 18.1 Å². The maximum Gasteiger partial charge on any atom is 0.337 e. The monoisotopic (exact) mass is 408 g/mol. The molecular weight excluding hydrogens is 388 g/mol. The smallest absolute Gasteiger partial charge is 0.337 e. The van der Waals surface area contributed by atoms with Crippen molar-refractivity contribution >= 4 is 29.7 Å². The minimum atomic E-state index is -0.412. The molecule has 0 bridgehead atoms. The summed E-state index contributed by atoms with van der Waals surface area (Å²) in [6.45, 7) is 0.459. The van der Waals surface area contributed by atoms with E-state index in [0.29, 0.717) is 22.9 Å². The minimum Gasteiger partial charge on any atom is -0.496 e. The van der Waals surface area contributed by atoms with E-state index in [1.807, 2.05) is 54.6 Å². The third-order valence-corrected chi connectivity index (χ3v) is 4.54. The summed E-state index contributed by atoms with van der Waals surface area (Å²) in [6, 6.07) is 20.6. The fourth-order valence-electron chi connectivity index (χ4n) is 2.79. The second-order valence-electron chi connectivity index (χ2n) is 6.24. The van der Waals surface area contributed by atoms with Crippen molar-refractivity contribution in [3.05, 3.63) is 94.0 Å². The van der Waals surface area contributed by atoms with Crippen molar-refractivity contribution in [1.29, 1.82) is 0 Å². The van der Waals surface area contributed by atoms with Gasteiger partial charge in [-0.2, -0.15) is 0 Å². The molecule has 3 rings (SSSR count). The predicted octanol–water partition coefficient (Wildman–Crippen LogP) is 5.88. The molecule has 0 spiro atoms. The molecule has 0 amide bonds. The summed E-state index contributed by atoms with van der Waals surface area (Å²) in [7, 11) is 2.90. The summed E-state index contributed by atoms with van der Waals surface area (Å²) in [4.78, 5) is 11.7. The van der Waals surface area contributed by atoms with Crippen molar-refractivity contribution in [1.82, 2.24) is 0 Å². The first-order valence-corrected chi connectivity index (χ1v) is 9.39. The highest BCUT2D eigenvalue weighted by atomic mass is 35.5. The van der Waals surface area contributed by atoms with Crippen LogP contribution in [0.2, 0.25) is 5.02 Å². The summed E-state index contributed by atoms with van der Waals surface area (Å²) in [6.07, 6.45) is 3.79. The average Bonchev–Trinajstić information content (AvgIpc) is 2.77. The Kier molecular flexibility index (Phi) is 6.93. The molecule has 0 heterocycles. The van der Waals surface area contributed by atoms with E-state index in [-0.39, 0.29) is 0 Å². The first-order chi connectivity index (χ1) is 14.1. The number of carbonyl (C=O) groups excluding carboxylic acids is 1. The largest absolute Gasteiger partial charge is 0.496 e. The van der Waals surface area contributed by atoms with Crippen LogP contribution in [0, 0.1) is 0 Å². The first kappa shape index (κ1) is 20.5. The number of hydrogen-bond donors (Lipinski definition) is 0. The van der Waals surface area contributed by atoms with E-state index in [1.54, 1.807) is 31.4 Å². The van der Waals surface area contributed by atoms with Crippen molar-refractivity contribution < 1.29 is 19.0 Å². The topological polar surface area (TPSA) is 44.8 Å². The van der Waals surface area contributed by atoms with Crippen LogP contribution in [0.4, 0.5) is 0 Å². The van der Waals surface area contributed by atoms with Crippen LogP contribution in [0.1, 0.15) is 27.0 Å². The molecule has 0 aliphatic heterocycles. The lowest BCUT2D eigenvalue weighted by atomic mass is 10.1. The molecule has 0 saturated heterocycles. The highest BCUT2D eigenvalue weighted by Gasteiger charge is 2.09. The second kappa shape index (κ2) is 9.80.